The maximum Gasteiger partial charge on any atom is 0.219 e. The summed E-state index contributed by atoms with van der Waals surface area (Å²) in [4.78, 5) is 10.5. The summed E-state index contributed by atoms with van der Waals surface area (Å²) in [5.74, 6) is 0.593. The molecule has 1 amide bonds. The summed E-state index contributed by atoms with van der Waals surface area (Å²) in [6.07, 6.45) is 0.635. The molecule has 0 bridgehead atoms. The van der Waals surface area contributed by atoms with Gasteiger partial charge >= 0.3 is 0 Å². The van der Waals surface area contributed by atoms with Crippen molar-refractivity contribution in [1.29, 1.82) is 0 Å². The topological polar surface area (TPSA) is 29.1 Å². The molecule has 0 aromatic heterocycles. The highest BCUT2D eigenvalue weighted by Gasteiger charge is 1.99. The van der Waals surface area contributed by atoms with E-state index in [4.69, 9.17) is 0 Å². The van der Waals surface area contributed by atoms with E-state index in [0.717, 1.165) is 0 Å². The first kappa shape index (κ1) is 7.47. The van der Waals surface area contributed by atoms with Crippen molar-refractivity contribution in [2.24, 2.45) is 5.92 Å². The van der Waals surface area contributed by atoms with Crippen LogP contribution in [0, 0.1) is 5.92 Å². The minimum absolute atomic E-state index is 0.125. The van der Waals surface area contributed by atoms with Crippen LogP contribution >= 0.6 is 0 Å². The van der Waals surface area contributed by atoms with Gasteiger partial charge in [0.15, 0.2) is 0 Å². The first-order valence-corrected chi connectivity index (χ1v) is 2.87. The molecule has 0 aromatic carbocycles. The van der Waals surface area contributed by atoms with Crippen LogP contribution in [0.1, 0.15) is 20.3 Å². The van der Waals surface area contributed by atoms with E-state index < -0.39 is 0 Å². The molecule has 0 atom stereocenters. The van der Waals surface area contributed by atoms with Gasteiger partial charge in [-0.15, -0.1) is 0 Å². The summed E-state index contributed by atoms with van der Waals surface area (Å²) in [6.45, 7) is 4.05. The van der Waals surface area contributed by atoms with Gasteiger partial charge in [0.25, 0.3) is 0 Å². The van der Waals surface area contributed by atoms with Gasteiger partial charge in [0.05, 0.1) is 0 Å². The Balaban J connectivity index is 3.25. The van der Waals surface area contributed by atoms with Gasteiger partial charge in [0, 0.05) is 13.5 Å². The second-order valence-corrected chi connectivity index (χ2v) is 2.27. The minimum Gasteiger partial charge on any atom is -0.359 e. The molecule has 0 radical (unpaired) electrons. The molecule has 1 N–H and O–H groups in total. The normalized spacial score (nSPS) is 9.50. The van der Waals surface area contributed by atoms with Crippen LogP contribution in [-0.4, -0.2) is 13.0 Å². The monoisotopic (exact) mass is 115 g/mol. The van der Waals surface area contributed by atoms with Crippen molar-refractivity contribution in [1.82, 2.24) is 5.32 Å². The fourth-order valence-electron chi connectivity index (χ4n) is 0.473. The number of carbonyl (C=O) groups excluding carboxylic acids is 1. The number of nitrogens with one attached hydrogen (secondary N) is 1. The highest BCUT2D eigenvalue weighted by atomic mass is 16.1. The second kappa shape index (κ2) is 3.47. The Kier molecular flexibility index (Phi) is 3.24. The Labute approximate surface area is 50.3 Å². The van der Waals surface area contributed by atoms with Crippen LogP contribution in [0.15, 0.2) is 0 Å². The summed E-state index contributed by atoms with van der Waals surface area (Å²) in [5, 5.41) is 2.56. The molecule has 48 valence electrons. The highest BCUT2D eigenvalue weighted by molar-refractivity contribution is 5.75. The SMILES string of the molecule is CNC(=O)CC(C)C. The van der Waals surface area contributed by atoms with E-state index >= 15 is 0 Å². The van der Waals surface area contributed by atoms with E-state index in [2.05, 4.69) is 5.32 Å². The van der Waals surface area contributed by atoms with E-state index in [-0.39, 0.29) is 5.91 Å². The summed E-state index contributed by atoms with van der Waals surface area (Å²) in [6, 6.07) is 0. The van der Waals surface area contributed by atoms with Gasteiger partial charge in [0.2, 0.25) is 5.91 Å². The van der Waals surface area contributed by atoms with Gasteiger partial charge in [-0.05, 0) is 5.92 Å². The number of rotatable bonds is 2. The molecular weight excluding hydrogens is 102 g/mol. The Bertz CT molecular complexity index is 78.6. The van der Waals surface area contributed by atoms with Crippen molar-refractivity contribution in [3.63, 3.8) is 0 Å². The molecule has 0 aliphatic heterocycles. The van der Waals surface area contributed by atoms with Crippen LogP contribution < -0.4 is 5.32 Å². The van der Waals surface area contributed by atoms with Crippen molar-refractivity contribution >= 4 is 5.91 Å². The lowest BCUT2D eigenvalue weighted by molar-refractivity contribution is -0.121. The number of hydrogen-bond donors (Lipinski definition) is 1. The fourth-order valence-corrected chi connectivity index (χ4v) is 0.473. The van der Waals surface area contributed by atoms with Crippen LogP contribution in [0.4, 0.5) is 0 Å². The van der Waals surface area contributed by atoms with Crippen molar-refractivity contribution in [2.75, 3.05) is 7.05 Å². The molecule has 2 heteroatoms. The molecule has 0 heterocycles. The minimum atomic E-state index is 0.125. The largest absolute Gasteiger partial charge is 0.359 e. The lowest BCUT2D eigenvalue weighted by atomic mass is 10.1. The summed E-state index contributed by atoms with van der Waals surface area (Å²) >= 11 is 0. The van der Waals surface area contributed by atoms with Gasteiger partial charge in [-0.1, -0.05) is 13.8 Å². The number of hydrogen-bond acceptors (Lipinski definition) is 1. The molecule has 0 unspecified atom stereocenters. The maximum atomic E-state index is 10.5. The first-order valence-electron chi connectivity index (χ1n) is 2.87. The molecule has 0 aliphatic carbocycles. The molecule has 0 rings (SSSR count). The van der Waals surface area contributed by atoms with Crippen molar-refractivity contribution in [3.05, 3.63) is 0 Å². The third-order valence-corrected chi connectivity index (χ3v) is 0.872. The van der Waals surface area contributed by atoms with Crippen molar-refractivity contribution in [2.45, 2.75) is 20.3 Å². The van der Waals surface area contributed by atoms with Crippen LogP contribution in [0.5, 0.6) is 0 Å². The van der Waals surface area contributed by atoms with E-state index in [0.29, 0.717) is 12.3 Å². The zero-order valence-corrected chi connectivity index (χ0v) is 5.69. The highest BCUT2D eigenvalue weighted by Crippen LogP contribution is 1.96. The molecule has 2 nitrogen and oxygen atoms in total. The second-order valence-electron chi connectivity index (χ2n) is 2.27. The average Bonchev–Trinajstić information content (AvgIpc) is 1.65. The van der Waals surface area contributed by atoms with Gasteiger partial charge in [0.1, 0.15) is 0 Å². The van der Waals surface area contributed by atoms with Crippen molar-refractivity contribution in [3.8, 4) is 0 Å². The summed E-state index contributed by atoms with van der Waals surface area (Å²) < 4.78 is 0. The summed E-state index contributed by atoms with van der Waals surface area (Å²) in [7, 11) is 1.66. The van der Waals surface area contributed by atoms with E-state index in [1.165, 1.54) is 0 Å². The van der Waals surface area contributed by atoms with Crippen LogP contribution in [-0.2, 0) is 4.79 Å². The molecule has 8 heavy (non-hydrogen) atoms. The summed E-state index contributed by atoms with van der Waals surface area (Å²) in [5.41, 5.74) is 0. The lowest BCUT2D eigenvalue weighted by Gasteiger charge is -2.00. The Morgan fingerprint density at radius 3 is 2.25 bits per heavy atom. The molecular formula is C6H13NO. The lowest BCUT2D eigenvalue weighted by Crippen LogP contribution is -2.19. The average molecular weight is 115 g/mol. The first-order chi connectivity index (χ1) is 3.66. The Morgan fingerprint density at radius 1 is 1.62 bits per heavy atom. The Hall–Kier alpha value is -0.530. The third kappa shape index (κ3) is 3.65. The zero-order valence-electron chi connectivity index (χ0n) is 5.69. The molecule has 0 saturated heterocycles. The number of amides is 1. The molecule has 0 aliphatic rings. The molecule has 0 spiro atoms. The van der Waals surface area contributed by atoms with Gasteiger partial charge in [-0.25, -0.2) is 0 Å². The van der Waals surface area contributed by atoms with Crippen LogP contribution in [0.2, 0.25) is 0 Å². The fraction of sp³-hybridized carbons (Fsp3) is 0.833. The van der Waals surface area contributed by atoms with E-state index in [1.807, 2.05) is 13.8 Å². The van der Waals surface area contributed by atoms with Crippen LogP contribution in [0.3, 0.4) is 0 Å². The maximum absolute atomic E-state index is 10.5. The number of carbonyl (C=O) groups is 1. The van der Waals surface area contributed by atoms with Crippen LogP contribution in [0.25, 0.3) is 0 Å². The van der Waals surface area contributed by atoms with E-state index in [9.17, 15) is 4.79 Å². The predicted molar refractivity (Wildman–Crippen MR) is 33.5 cm³/mol. The smallest absolute Gasteiger partial charge is 0.219 e. The van der Waals surface area contributed by atoms with Crippen molar-refractivity contribution < 1.29 is 4.79 Å². The predicted octanol–water partition coefficient (Wildman–Crippen LogP) is 0.778. The van der Waals surface area contributed by atoms with Gasteiger partial charge < -0.3 is 5.32 Å². The van der Waals surface area contributed by atoms with E-state index in [1.54, 1.807) is 7.05 Å². The zero-order chi connectivity index (χ0) is 6.57. The third-order valence-electron chi connectivity index (χ3n) is 0.872. The standard InChI is InChI=1S/C6H13NO/c1-5(2)4-6(8)7-3/h5H,4H2,1-3H3,(H,7,8). The van der Waals surface area contributed by atoms with Gasteiger partial charge in [-0.2, -0.15) is 0 Å². The quantitative estimate of drug-likeness (QED) is 0.566. The molecule has 0 saturated carbocycles. The van der Waals surface area contributed by atoms with Gasteiger partial charge in [-0.3, -0.25) is 4.79 Å². The Morgan fingerprint density at radius 2 is 2.12 bits per heavy atom. The molecule has 0 fully saturated rings. The molecule has 0 aromatic rings.